The summed E-state index contributed by atoms with van der Waals surface area (Å²) < 4.78 is 56.1. The molecule has 1 aromatic carbocycles. The molecule has 0 bridgehead atoms. The van der Waals surface area contributed by atoms with Crippen LogP contribution in [0.5, 0.6) is 5.75 Å². The molecule has 14 heteroatoms. The second-order valence-electron chi connectivity index (χ2n) is 19.0. The molecule has 2 aromatic rings. The maximum atomic E-state index is 15.2. The molecule has 1 aromatic heterocycles. The number of allylic oxidation sites excluding steroid dienone is 2. The van der Waals surface area contributed by atoms with E-state index in [1.807, 2.05) is 38.1 Å². The fraction of sp³-hybridized carbons (Fsp3) is 0.735. The molecule has 3 saturated heterocycles. The van der Waals surface area contributed by atoms with Gasteiger partial charge in [-0.2, -0.15) is 0 Å². The highest BCUT2D eigenvalue weighted by Gasteiger charge is 2.57. The Bertz CT molecular complexity index is 1920. The van der Waals surface area contributed by atoms with Crippen molar-refractivity contribution in [2.45, 2.75) is 165 Å². The predicted octanol–water partition coefficient (Wildman–Crippen LogP) is 7.70. The van der Waals surface area contributed by atoms with Crippen LogP contribution in [0.25, 0.3) is 10.6 Å². The number of fused-ring (bicyclic) bond motifs is 8. The van der Waals surface area contributed by atoms with Gasteiger partial charge in [-0.3, -0.25) is 9.59 Å². The molecule has 0 spiro atoms. The van der Waals surface area contributed by atoms with Crippen LogP contribution in [-0.4, -0.2) is 132 Å². The third-order valence-electron chi connectivity index (χ3n) is 15.2. The fourth-order valence-electron chi connectivity index (χ4n) is 11.9. The topological polar surface area (TPSA) is 133 Å². The van der Waals surface area contributed by atoms with Gasteiger partial charge in [-0.05, 0) is 121 Å². The maximum Gasteiger partial charge on any atom is 0.306 e. The van der Waals surface area contributed by atoms with E-state index in [-0.39, 0.29) is 84.6 Å². The lowest BCUT2D eigenvalue weighted by atomic mass is 9.67. The summed E-state index contributed by atoms with van der Waals surface area (Å²) in [5.41, 5.74) is 2.68. The number of hydrogen-bond donors (Lipinski definition) is 0. The zero-order valence-corrected chi connectivity index (χ0v) is 39.7. The highest BCUT2D eigenvalue weighted by atomic mass is 32.1. The van der Waals surface area contributed by atoms with Gasteiger partial charge in [0.15, 0.2) is 18.4 Å². The van der Waals surface area contributed by atoms with Gasteiger partial charge in [0.25, 0.3) is 0 Å². The minimum absolute atomic E-state index is 0.00403. The van der Waals surface area contributed by atoms with Crippen molar-refractivity contribution >= 4 is 23.1 Å². The Morgan fingerprint density at radius 3 is 2.25 bits per heavy atom. The number of benzene rings is 1. The lowest BCUT2D eigenvalue weighted by Crippen LogP contribution is -2.59. The van der Waals surface area contributed by atoms with Crippen molar-refractivity contribution in [1.29, 1.82) is 0 Å². The Hall–Kier alpha value is -2.79. The average molecular weight is 895 g/mol. The van der Waals surface area contributed by atoms with Gasteiger partial charge >= 0.3 is 5.97 Å². The predicted molar refractivity (Wildman–Crippen MR) is 238 cm³/mol. The van der Waals surface area contributed by atoms with Crippen molar-refractivity contribution in [2.24, 2.45) is 23.7 Å². The molecule has 4 heterocycles. The second kappa shape index (κ2) is 20.0. The van der Waals surface area contributed by atoms with Crippen LogP contribution < -0.4 is 4.74 Å². The normalized spacial score (nSPS) is 39.6. The Morgan fingerprint density at radius 2 is 1.59 bits per heavy atom. The molecule has 4 fully saturated rings. The number of nitrogens with zero attached hydrogens (tertiary/aromatic N) is 2. The van der Waals surface area contributed by atoms with Crippen LogP contribution in [0.1, 0.15) is 108 Å². The van der Waals surface area contributed by atoms with E-state index in [1.54, 1.807) is 39.8 Å². The lowest BCUT2D eigenvalue weighted by molar-refractivity contribution is -0.314. The summed E-state index contributed by atoms with van der Waals surface area (Å²) in [6, 6.07) is 8.32. The lowest BCUT2D eigenvalue weighted by Gasteiger charge is -2.44. The minimum atomic E-state index is -0.666. The molecule has 3 aliphatic heterocycles. The van der Waals surface area contributed by atoms with E-state index in [9.17, 15) is 4.79 Å². The molecule has 3 aliphatic carbocycles. The molecule has 1 saturated carbocycles. The highest BCUT2D eigenvalue weighted by Crippen LogP contribution is 2.63. The number of rotatable bonds is 11. The molecule has 17 atom stereocenters. The molecule has 0 N–H and O–H groups in total. The number of aromatic nitrogens is 1. The SMILES string of the molecule is CC[C@H]1CCC[C@H](O[C@H]2CC[C@H](N(C)C)C(C)O2)[C@@H](C)C(=O)C2=C[C@H]3[C@@H]4C[C@H](O[C@@H]5OC(C)[C@H](OC)C(OC)[C@@H]5OC)C[C@H]4c4sc(-c5ccc(OC)cc5)nc4[C@H]3[C@@H]2CC(=O)O1. The maximum absolute atomic E-state index is 15.2. The first kappa shape index (κ1) is 46.7. The van der Waals surface area contributed by atoms with Gasteiger partial charge in [-0.1, -0.05) is 19.9 Å². The number of carbonyl (C=O) groups is 2. The molecule has 6 aliphatic rings. The number of likely N-dealkylation sites (N-methyl/N-ethyl adjacent to an activating group) is 1. The Kier molecular flexibility index (Phi) is 14.8. The zero-order valence-electron chi connectivity index (χ0n) is 38.9. The quantitative estimate of drug-likeness (QED) is 0.204. The van der Waals surface area contributed by atoms with E-state index in [0.717, 1.165) is 60.5 Å². The van der Waals surface area contributed by atoms with Gasteiger partial charge in [0, 0.05) is 61.5 Å². The van der Waals surface area contributed by atoms with E-state index in [4.69, 9.17) is 47.6 Å². The monoisotopic (exact) mass is 894 g/mol. The Morgan fingerprint density at radius 1 is 0.841 bits per heavy atom. The number of cyclic esters (lactones) is 1. The fourth-order valence-corrected chi connectivity index (χ4v) is 13.2. The first-order valence-corrected chi connectivity index (χ1v) is 24.2. The van der Waals surface area contributed by atoms with Crippen molar-refractivity contribution in [2.75, 3.05) is 42.5 Å². The second-order valence-corrected chi connectivity index (χ2v) is 20.0. The molecule has 348 valence electrons. The van der Waals surface area contributed by atoms with Gasteiger partial charge in [0.2, 0.25) is 0 Å². The average Bonchev–Trinajstić information content (AvgIpc) is 4.00. The van der Waals surface area contributed by atoms with Gasteiger partial charge < -0.3 is 47.5 Å². The minimum Gasteiger partial charge on any atom is -0.497 e. The van der Waals surface area contributed by atoms with E-state index in [1.165, 1.54) is 4.88 Å². The molecule has 3 unspecified atom stereocenters. The van der Waals surface area contributed by atoms with Crippen molar-refractivity contribution in [3.8, 4) is 16.3 Å². The molecular formula is C49H70N2O11S. The largest absolute Gasteiger partial charge is 0.497 e. The number of hydrogen-bond acceptors (Lipinski definition) is 14. The summed E-state index contributed by atoms with van der Waals surface area (Å²) >= 11 is 1.72. The van der Waals surface area contributed by atoms with Gasteiger partial charge in [0.05, 0.1) is 43.6 Å². The molecule has 8 rings (SSSR count). The molecular weight excluding hydrogens is 825 g/mol. The molecule has 63 heavy (non-hydrogen) atoms. The number of ether oxygens (including phenoxy) is 9. The van der Waals surface area contributed by atoms with Crippen LogP contribution in [0.15, 0.2) is 35.9 Å². The number of thiazole rings is 1. The van der Waals surface area contributed by atoms with Crippen molar-refractivity contribution in [3.63, 3.8) is 0 Å². The van der Waals surface area contributed by atoms with Crippen LogP contribution in [0, 0.1) is 23.7 Å². The van der Waals surface area contributed by atoms with E-state index < -0.39 is 30.5 Å². The first-order valence-electron chi connectivity index (χ1n) is 23.3. The third kappa shape index (κ3) is 9.32. The summed E-state index contributed by atoms with van der Waals surface area (Å²) in [5.74, 6) is -0.267. The number of Topliss-reactive ketones (excluding diaryl/α,β-unsaturated/α-hetero) is 1. The summed E-state index contributed by atoms with van der Waals surface area (Å²) in [6.07, 6.45) is 5.17. The van der Waals surface area contributed by atoms with Crippen LogP contribution in [0.2, 0.25) is 0 Å². The standard InChI is InChI=1S/C49H70N2O11S/c1-11-29-13-12-14-38(62-40-20-19-37(51(5)6)26(3)58-40)25(2)43(53)35-23-33-32-21-31(61-49-46(57-10)45(56-9)44(55-8)27(4)59-49)22-36(32)47-42(41(33)34(35)24-39(52)60-29)50-48(63-47)28-15-17-30(54-7)18-16-28/h15-18,23,25-27,29,31-34,36-38,40-41,44-46,49H,11-14,19-22,24H2,1-10H3/t25-,26?,27?,29+,31+,32+,33+,34-,36-,37+,38+,40+,41-,44+,45?,46+,49+/m1/s1. The number of carbonyl (C=O) groups excluding carboxylic acids is 2. The molecule has 13 nitrogen and oxygen atoms in total. The third-order valence-corrected chi connectivity index (χ3v) is 16.5. The Labute approximate surface area is 377 Å². The number of ketones is 1. The summed E-state index contributed by atoms with van der Waals surface area (Å²) in [7, 11) is 10.8. The van der Waals surface area contributed by atoms with E-state index in [0.29, 0.717) is 24.5 Å². The zero-order chi connectivity index (χ0) is 44.7. The smallest absolute Gasteiger partial charge is 0.306 e. The summed E-state index contributed by atoms with van der Waals surface area (Å²) in [6.45, 7) is 8.17. The molecule has 0 amide bonds. The van der Waals surface area contributed by atoms with Crippen LogP contribution in [-0.2, 0) is 47.5 Å². The van der Waals surface area contributed by atoms with Crippen molar-refractivity contribution in [1.82, 2.24) is 9.88 Å². The summed E-state index contributed by atoms with van der Waals surface area (Å²) in [4.78, 5) is 38.2. The molecule has 0 radical (unpaired) electrons. The first-order chi connectivity index (χ1) is 30.4. The van der Waals surface area contributed by atoms with Gasteiger partial charge in [0.1, 0.15) is 35.2 Å². The van der Waals surface area contributed by atoms with Crippen LogP contribution in [0.4, 0.5) is 0 Å². The van der Waals surface area contributed by atoms with Crippen molar-refractivity contribution < 1.29 is 52.2 Å². The van der Waals surface area contributed by atoms with E-state index in [2.05, 4.69) is 38.9 Å². The van der Waals surface area contributed by atoms with E-state index >= 15 is 4.79 Å². The van der Waals surface area contributed by atoms with Crippen LogP contribution >= 0.6 is 11.3 Å². The van der Waals surface area contributed by atoms with Crippen LogP contribution in [0.3, 0.4) is 0 Å². The van der Waals surface area contributed by atoms with Gasteiger partial charge in [-0.15, -0.1) is 11.3 Å². The summed E-state index contributed by atoms with van der Waals surface area (Å²) in [5, 5.41) is 0.908. The number of esters is 1. The van der Waals surface area contributed by atoms with Crippen molar-refractivity contribution in [3.05, 3.63) is 46.5 Å². The Balaban J connectivity index is 1.14. The van der Waals surface area contributed by atoms with Gasteiger partial charge in [-0.25, -0.2) is 4.98 Å². The number of methoxy groups -OCH3 is 4. The highest BCUT2D eigenvalue weighted by molar-refractivity contribution is 7.15.